The third-order valence-corrected chi connectivity index (χ3v) is 4.29. The summed E-state index contributed by atoms with van der Waals surface area (Å²) in [7, 11) is 2.14. The van der Waals surface area contributed by atoms with Gasteiger partial charge in [-0.05, 0) is 37.6 Å². The van der Waals surface area contributed by atoms with Crippen molar-refractivity contribution in [3.8, 4) is 0 Å². The van der Waals surface area contributed by atoms with Gasteiger partial charge in [-0.2, -0.15) is 0 Å². The zero-order valence-electron chi connectivity index (χ0n) is 11.8. The van der Waals surface area contributed by atoms with Crippen LogP contribution in [-0.2, 0) is 6.54 Å². The number of nitro benzene ring substituents is 1. The van der Waals surface area contributed by atoms with Crippen molar-refractivity contribution in [2.75, 3.05) is 20.1 Å². The predicted molar refractivity (Wildman–Crippen MR) is 82.7 cm³/mol. The van der Waals surface area contributed by atoms with Gasteiger partial charge < -0.3 is 10.2 Å². The Kier molecular flexibility index (Phi) is 5.12. The Morgan fingerprint density at radius 2 is 2.25 bits per heavy atom. The number of hydrogen-bond acceptors (Lipinski definition) is 4. The van der Waals surface area contributed by atoms with E-state index in [1.807, 2.05) is 6.07 Å². The van der Waals surface area contributed by atoms with Gasteiger partial charge in [0.2, 0.25) is 0 Å². The van der Waals surface area contributed by atoms with E-state index in [0.717, 1.165) is 29.5 Å². The van der Waals surface area contributed by atoms with Gasteiger partial charge in [0.1, 0.15) is 0 Å². The van der Waals surface area contributed by atoms with Crippen LogP contribution in [0.1, 0.15) is 18.9 Å². The van der Waals surface area contributed by atoms with Gasteiger partial charge in [0.25, 0.3) is 5.69 Å². The number of benzene rings is 1. The maximum atomic E-state index is 10.9. The molecule has 5 nitrogen and oxygen atoms in total. The van der Waals surface area contributed by atoms with Crippen LogP contribution >= 0.6 is 15.9 Å². The molecule has 6 heteroatoms. The first-order valence-electron chi connectivity index (χ1n) is 6.81. The van der Waals surface area contributed by atoms with Gasteiger partial charge in [-0.25, -0.2) is 0 Å². The highest BCUT2D eigenvalue weighted by molar-refractivity contribution is 9.10. The highest BCUT2D eigenvalue weighted by Crippen LogP contribution is 2.22. The van der Waals surface area contributed by atoms with Gasteiger partial charge in [-0.1, -0.05) is 22.9 Å². The van der Waals surface area contributed by atoms with Crippen LogP contribution < -0.4 is 5.32 Å². The molecule has 0 aliphatic carbocycles. The lowest BCUT2D eigenvalue weighted by Crippen LogP contribution is -2.46. The van der Waals surface area contributed by atoms with E-state index in [1.165, 1.54) is 6.07 Å². The highest BCUT2D eigenvalue weighted by Gasteiger charge is 2.23. The summed E-state index contributed by atoms with van der Waals surface area (Å²) >= 11 is 3.33. The number of nitrogens with zero attached hydrogens (tertiary/aromatic N) is 2. The van der Waals surface area contributed by atoms with Crippen molar-refractivity contribution >= 4 is 21.6 Å². The van der Waals surface area contributed by atoms with E-state index < -0.39 is 0 Å². The summed E-state index contributed by atoms with van der Waals surface area (Å²) in [6, 6.07) is 5.57. The predicted octanol–water partition coefficient (Wildman–Crippen LogP) is 2.79. The van der Waals surface area contributed by atoms with Crippen LogP contribution in [0.3, 0.4) is 0 Å². The van der Waals surface area contributed by atoms with Gasteiger partial charge in [0.05, 0.1) is 4.92 Å². The van der Waals surface area contributed by atoms with Crippen molar-refractivity contribution < 1.29 is 4.92 Å². The molecule has 1 heterocycles. The van der Waals surface area contributed by atoms with E-state index in [9.17, 15) is 10.1 Å². The molecule has 1 aliphatic heterocycles. The minimum Gasteiger partial charge on any atom is -0.310 e. The molecule has 20 heavy (non-hydrogen) atoms. The number of rotatable bonds is 4. The van der Waals surface area contributed by atoms with Crippen molar-refractivity contribution in [1.29, 1.82) is 0 Å². The summed E-state index contributed by atoms with van der Waals surface area (Å²) < 4.78 is 0.750. The Labute approximate surface area is 127 Å². The second-order valence-corrected chi connectivity index (χ2v) is 6.51. The molecule has 1 aromatic carbocycles. The Morgan fingerprint density at radius 3 is 2.90 bits per heavy atom. The number of hydrogen-bond donors (Lipinski definition) is 1. The van der Waals surface area contributed by atoms with Gasteiger partial charge in [-0.3, -0.25) is 10.1 Å². The normalized spacial score (nSPS) is 23.8. The number of halogens is 1. The summed E-state index contributed by atoms with van der Waals surface area (Å²) in [4.78, 5) is 12.8. The largest absolute Gasteiger partial charge is 0.310 e. The van der Waals surface area contributed by atoms with Crippen molar-refractivity contribution in [2.24, 2.45) is 5.92 Å². The SMILES string of the molecule is CC1CN(C)CCC1NCc1cc(Br)cc([N+](=O)[O-])c1. The fourth-order valence-electron chi connectivity index (χ4n) is 2.75. The molecule has 0 amide bonds. The summed E-state index contributed by atoms with van der Waals surface area (Å²) in [5.74, 6) is 0.593. The van der Waals surface area contributed by atoms with Crippen LogP contribution in [0, 0.1) is 16.0 Å². The van der Waals surface area contributed by atoms with Gasteiger partial charge in [-0.15, -0.1) is 0 Å². The summed E-state index contributed by atoms with van der Waals surface area (Å²) in [6.07, 6.45) is 1.12. The van der Waals surface area contributed by atoms with Crippen LogP contribution in [0.2, 0.25) is 0 Å². The lowest BCUT2D eigenvalue weighted by Gasteiger charge is -2.35. The van der Waals surface area contributed by atoms with Crippen LogP contribution in [0.4, 0.5) is 5.69 Å². The average molecular weight is 342 g/mol. The van der Waals surface area contributed by atoms with Gasteiger partial charge in [0, 0.05) is 35.7 Å². The molecule has 1 N–H and O–H groups in total. The number of likely N-dealkylation sites (tertiary alicyclic amines) is 1. The molecule has 0 spiro atoms. The fourth-order valence-corrected chi connectivity index (χ4v) is 3.28. The topological polar surface area (TPSA) is 58.4 Å². The molecular weight excluding hydrogens is 322 g/mol. The van der Waals surface area contributed by atoms with Gasteiger partial charge in [0.15, 0.2) is 0 Å². The molecule has 1 saturated heterocycles. The van der Waals surface area contributed by atoms with Crippen molar-refractivity contribution in [2.45, 2.75) is 25.9 Å². The molecule has 0 saturated carbocycles. The van der Waals surface area contributed by atoms with Crippen molar-refractivity contribution in [1.82, 2.24) is 10.2 Å². The molecule has 1 aromatic rings. The molecule has 0 bridgehead atoms. The molecule has 110 valence electrons. The van der Waals surface area contributed by atoms with Crippen molar-refractivity contribution in [3.63, 3.8) is 0 Å². The third kappa shape index (κ3) is 4.01. The lowest BCUT2D eigenvalue weighted by molar-refractivity contribution is -0.385. The number of non-ortho nitro benzene ring substituents is 1. The van der Waals surface area contributed by atoms with Gasteiger partial charge >= 0.3 is 0 Å². The molecule has 0 aromatic heterocycles. The number of nitrogens with one attached hydrogen (secondary N) is 1. The lowest BCUT2D eigenvalue weighted by atomic mass is 9.94. The first-order valence-corrected chi connectivity index (χ1v) is 7.61. The number of nitro groups is 1. The zero-order chi connectivity index (χ0) is 14.7. The second-order valence-electron chi connectivity index (χ2n) is 5.59. The molecule has 2 unspecified atom stereocenters. The van der Waals surface area contributed by atoms with E-state index in [2.05, 4.69) is 40.1 Å². The summed E-state index contributed by atoms with van der Waals surface area (Å²) in [5, 5.41) is 14.4. The highest BCUT2D eigenvalue weighted by atomic mass is 79.9. The Bertz CT molecular complexity index is 495. The quantitative estimate of drug-likeness (QED) is 0.675. The zero-order valence-corrected chi connectivity index (χ0v) is 13.4. The van der Waals surface area contributed by atoms with Crippen LogP contribution in [-0.4, -0.2) is 36.0 Å². The second kappa shape index (κ2) is 6.65. The van der Waals surface area contributed by atoms with Crippen LogP contribution in [0.15, 0.2) is 22.7 Å². The summed E-state index contributed by atoms with van der Waals surface area (Å²) in [6.45, 7) is 5.10. The third-order valence-electron chi connectivity index (χ3n) is 3.83. The Hall–Kier alpha value is -0.980. The molecule has 2 rings (SSSR count). The first-order chi connectivity index (χ1) is 9.45. The standard InChI is InChI=1S/C14H20BrN3O2/c1-10-9-17(2)4-3-14(10)16-8-11-5-12(15)7-13(6-11)18(19)20/h5-7,10,14,16H,3-4,8-9H2,1-2H3. The summed E-state index contributed by atoms with van der Waals surface area (Å²) in [5.41, 5.74) is 1.07. The maximum absolute atomic E-state index is 10.9. The van der Waals surface area contributed by atoms with E-state index >= 15 is 0 Å². The van der Waals surface area contributed by atoms with E-state index in [4.69, 9.17) is 0 Å². The van der Waals surface area contributed by atoms with E-state index in [-0.39, 0.29) is 10.6 Å². The minimum absolute atomic E-state index is 0.132. The molecule has 2 atom stereocenters. The maximum Gasteiger partial charge on any atom is 0.270 e. The number of piperidine rings is 1. The van der Waals surface area contributed by atoms with Crippen molar-refractivity contribution in [3.05, 3.63) is 38.3 Å². The average Bonchev–Trinajstić information content (AvgIpc) is 2.37. The molecular formula is C14H20BrN3O2. The smallest absolute Gasteiger partial charge is 0.270 e. The van der Waals surface area contributed by atoms with E-state index in [0.29, 0.717) is 18.5 Å². The monoisotopic (exact) mass is 341 g/mol. The Morgan fingerprint density at radius 1 is 1.50 bits per heavy atom. The molecule has 1 fully saturated rings. The Balaban J connectivity index is 1.98. The minimum atomic E-state index is -0.355. The molecule has 1 aliphatic rings. The van der Waals surface area contributed by atoms with Crippen LogP contribution in [0.25, 0.3) is 0 Å². The fraction of sp³-hybridized carbons (Fsp3) is 0.571. The van der Waals surface area contributed by atoms with Crippen LogP contribution in [0.5, 0.6) is 0 Å². The first kappa shape index (κ1) is 15.4. The molecule has 0 radical (unpaired) electrons. The van der Waals surface area contributed by atoms with E-state index in [1.54, 1.807) is 6.07 Å².